The molecule has 710 valence electrons. The molecular weight excluding hydrogens is 1750 g/mol. The number of benzene rings is 8. The van der Waals surface area contributed by atoms with E-state index in [1.54, 1.807) is 12.1 Å². The zero-order chi connectivity index (χ0) is 98.5. The van der Waals surface area contributed by atoms with Crippen LogP contribution in [0.2, 0.25) is 5.02 Å². The molecule has 5 aliphatic heterocycles. The van der Waals surface area contributed by atoms with Crippen molar-refractivity contribution >= 4 is 85.8 Å². The molecule has 19 rings (SSSR count). The first kappa shape index (κ1) is 98.9. The number of rotatable bonds is 15. The minimum atomic E-state index is -0.166. The monoisotopic (exact) mass is 1880 g/mol. The van der Waals surface area contributed by atoms with Gasteiger partial charge in [0.25, 0.3) is 0 Å². The van der Waals surface area contributed by atoms with E-state index in [4.69, 9.17) is 25.8 Å². The van der Waals surface area contributed by atoms with E-state index in [1.807, 2.05) is 80.2 Å². The van der Waals surface area contributed by atoms with Gasteiger partial charge in [-0.3, -0.25) is 14.4 Å². The standard InChI is InChI=1S/C41H34ClNO2.C32H33NO3.C26H32N2O.C26H32N2S/c1-25-17-33(45-38-24-37-28(23-36(25)38)12-8-16-43-37)20-26-18-30(27-9-3-2-4-10-27)21-31(19-26)40-39(29-11-7-13-32(42)22-29)34-14-5-6-15-35(34)41(40)44;1-6-33(7-2)23-12-13-25-20(3)14-24(36-28(25)17-23)16-21-15-22(19-32(4,5)18-21)29-30(34)26-10-8-9-11-27(26)31(29)35;2*1-7-28(8-2)22-9-10-24-18(3)11-23(29-25(24)14-22)13-20-12-21(19(4)17-27)16-26(5,6)15-20/h2-7,9-11,13-15,17,19-20,22-24,30,39,43H,8,12,16,18,21H2,1H3;8-17H,6-7,18-19H2,1-5H3;2*9-14H,7-8,15-16H2,1-6H3/b33-20+,40-31-;24-16+;2*21-19+,23-13+. The van der Waals surface area contributed by atoms with Gasteiger partial charge in [-0.25, -0.2) is 0 Å². The molecule has 0 saturated carbocycles. The van der Waals surface area contributed by atoms with E-state index in [-0.39, 0.29) is 45.4 Å². The molecule has 0 radical (unpaired) electrons. The number of nitrogens with zero attached hydrogens (tertiary/aromatic N) is 5. The summed E-state index contributed by atoms with van der Waals surface area (Å²) in [6, 6.07) is 62.6. The van der Waals surface area contributed by atoms with Crippen LogP contribution in [0.15, 0.2) is 337 Å². The van der Waals surface area contributed by atoms with Crippen LogP contribution in [0.5, 0.6) is 17.2 Å². The van der Waals surface area contributed by atoms with Crippen molar-refractivity contribution in [1.29, 1.82) is 10.5 Å². The van der Waals surface area contributed by atoms with Gasteiger partial charge in [0.15, 0.2) is 17.3 Å². The molecule has 139 heavy (non-hydrogen) atoms. The molecule has 0 fully saturated rings. The molecule has 2 unspecified atom stereocenters. The van der Waals surface area contributed by atoms with Gasteiger partial charge in [0.05, 0.1) is 17.7 Å². The minimum absolute atomic E-state index is 0.0833. The Bertz CT molecular complexity index is 6720. The number of thioether (sulfide) groups is 1. The van der Waals surface area contributed by atoms with Gasteiger partial charge in [-0.05, 0) is 367 Å². The van der Waals surface area contributed by atoms with Crippen molar-refractivity contribution in [2.45, 2.75) is 206 Å². The number of carbonyl (C=O) groups excluding carboxylic acids is 3. The van der Waals surface area contributed by atoms with Crippen LogP contribution in [0.1, 0.15) is 270 Å². The smallest absolute Gasteiger partial charge is 0.197 e. The van der Waals surface area contributed by atoms with Crippen molar-refractivity contribution < 1.29 is 28.6 Å². The van der Waals surface area contributed by atoms with Crippen LogP contribution in [0.25, 0.3) is 22.3 Å². The van der Waals surface area contributed by atoms with Crippen molar-refractivity contribution in [3.63, 3.8) is 0 Å². The molecule has 0 aromatic heterocycles. The van der Waals surface area contributed by atoms with E-state index in [2.05, 4.69) is 319 Å². The van der Waals surface area contributed by atoms with Gasteiger partial charge in [0.1, 0.15) is 34.5 Å². The lowest BCUT2D eigenvalue weighted by Crippen LogP contribution is -2.22. The van der Waals surface area contributed by atoms with E-state index in [0.29, 0.717) is 28.1 Å². The summed E-state index contributed by atoms with van der Waals surface area (Å²) in [4.78, 5) is 50.2. The lowest BCUT2D eigenvalue weighted by Gasteiger charge is -2.31. The molecule has 0 saturated heterocycles. The average molecular weight is 1880 g/mol. The maximum atomic E-state index is 14.2. The zero-order valence-electron chi connectivity index (χ0n) is 84.2. The topological polar surface area (TPSA) is 148 Å². The fraction of sp³-hybridized carbons (Fsp3) is 0.320. The summed E-state index contributed by atoms with van der Waals surface area (Å²) in [5, 5.41) is 22.9. The number of ketones is 3. The highest BCUT2D eigenvalue weighted by Crippen LogP contribution is 2.53. The first-order valence-corrected chi connectivity index (χ1v) is 50.9. The molecule has 5 heterocycles. The average Bonchev–Trinajstić information content (AvgIpc) is 1.59. The predicted molar refractivity (Wildman–Crippen MR) is 578 cm³/mol. The molecule has 8 aromatic rings. The van der Waals surface area contributed by atoms with Crippen molar-refractivity contribution in [1.82, 2.24) is 0 Å². The lowest BCUT2D eigenvalue weighted by atomic mass is 9.73. The summed E-state index contributed by atoms with van der Waals surface area (Å²) >= 11 is 8.36. The van der Waals surface area contributed by atoms with Crippen molar-refractivity contribution in [2.75, 3.05) is 65.8 Å². The Labute approximate surface area is 834 Å². The van der Waals surface area contributed by atoms with Gasteiger partial charge in [-0.15, -0.1) is 0 Å². The van der Waals surface area contributed by atoms with Gasteiger partial charge < -0.3 is 34.2 Å². The predicted octanol–water partition coefficient (Wildman–Crippen LogP) is 31.9. The summed E-state index contributed by atoms with van der Waals surface area (Å²) in [5.74, 6) is 5.00. The molecule has 0 bridgehead atoms. The molecule has 6 aliphatic carbocycles. The zero-order valence-corrected chi connectivity index (χ0v) is 85.8. The Kier molecular flexibility index (Phi) is 30.1. The summed E-state index contributed by atoms with van der Waals surface area (Å²) in [5.41, 5.74) is 33.0. The second kappa shape index (κ2) is 42.3. The second-order valence-electron chi connectivity index (χ2n) is 40.9. The molecule has 12 nitrogen and oxygen atoms in total. The molecule has 8 aromatic carbocycles. The first-order chi connectivity index (χ1) is 66.7. The number of hydrogen-bond donors (Lipinski definition) is 1. The number of halogens is 1. The maximum Gasteiger partial charge on any atom is 0.197 e. The van der Waals surface area contributed by atoms with Crippen molar-refractivity contribution in [3.05, 3.63) is 398 Å². The molecular formula is C125H131ClN6O6S. The summed E-state index contributed by atoms with van der Waals surface area (Å²) in [7, 11) is 0. The fourth-order valence-corrected chi connectivity index (χ4v) is 23.2. The molecule has 1 N–H and O–H groups in total. The van der Waals surface area contributed by atoms with E-state index >= 15 is 0 Å². The van der Waals surface area contributed by atoms with Crippen LogP contribution in [0.4, 0.5) is 22.7 Å². The Morgan fingerprint density at radius 1 is 0.446 bits per heavy atom. The van der Waals surface area contributed by atoms with Gasteiger partial charge in [0.2, 0.25) is 0 Å². The molecule has 11 aliphatic rings. The number of nitriles is 2. The number of nitrogens with one attached hydrogen (secondary N) is 1. The van der Waals surface area contributed by atoms with Gasteiger partial charge in [-0.2, -0.15) is 10.5 Å². The summed E-state index contributed by atoms with van der Waals surface area (Å²) in [6.07, 6.45) is 35.4. The van der Waals surface area contributed by atoms with E-state index in [1.165, 1.54) is 77.0 Å². The van der Waals surface area contributed by atoms with E-state index < -0.39 is 0 Å². The second-order valence-corrected chi connectivity index (χ2v) is 42.5. The minimum Gasteiger partial charge on any atom is -0.457 e. The Morgan fingerprint density at radius 2 is 0.906 bits per heavy atom. The van der Waals surface area contributed by atoms with Crippen molar-refractivity contribution in [2.24, 2.45) is 16.2 Å². The van der Waals surface area contributed by atoms with Crippen LogP contribution >= 0.6 is 23.4 Å². The number of carbonyl (C=O) groups is 3. The van der Waals surface area contributed by atoms with Gasteiger partial charge in [-0.1, -0.05) is 186 Å². The third-order valence-electron chi connectivity index (χ3n) is 28.6. The molecule has 2 atom stereocenters. The van der Waals surface area contributed by atoms with Gasteiger partial charge >= 0.3 is 0 Å². The number of ether oxygens (including phenoxy) is 3. The Morgan fingerprint density at radius 3 is 1.45 bits per heavy atom. The first-order valence-electron chi connectivity index (χ1n) is 49.8. The molecule has 0 amide bonds. The summed E-state index contributed by atoms with van der Waals surface area (Å²) < 4.78 is 19.2. The van der Waals surface area contributed by atoms with Crippen LogP contribution in [-0.4, -0.2) is 63.2 Å². The normalized spacial score (nSPS) is 21.2. The van der Waals surface area contributed by atoms with E-state index in [9.17, 15) is 24.9 Å². The highest BCUT2D eigenvalue weighted by molar-refractivity contribution is 8.03. The quantitative estimate of drug-likeness (QED) is 0.0590. The third kappa shape index (κ3) is 22.3. The van der Waals surface area contributed by atoms with Crippen molar-refractivity contribution in [3.8, 4) is 29.4 Å². The maximum absolute atomic E-state index is 14.2. The highest BCUT2D eigenvalue weighted by Gasteiger charge is 2.41. The van der Waals surface area contributed by atoms with Crippen LogP contribution < -0.4 is 34.2 Å². The highest BCUT2D eigenvalue weighted by atomic mass is 35.5. The molecule has 0 spiro atoms. The number of anilines is 4. The van der Waals surface area contributed by atoms with E-state index in [0.717, 1.165) is 227 Å². The number of aryl methyl sites for hydroxylation is 1. The lowest BCUT2D eigenvalue weighted by molar-refractivity contribution is 0.0983. The largest absolute Gasteiger partial charge is 0.457 e. The number of hydrogen-bond acceptors (Lipinski definition) is 13. The SMILES string of the molecule is CC1=C/C(=C\C2=CC(=C3/C(=O)c4ccccc4C3c3cccc(Cl)c3)/CC(c3ccccc3)C2)Oc2cc3c(cc21)CCCN3.CCN(CC)c1ccc2c(c1)O/C(=C/C1=CC(=C(/C)C#N)/CC(C)(C)C1)C=C2C.CCN(CC)c1ccc2c(c1)O/C(=C/C1=CC(=C3C(=O)c4ccccc4C3=O)CC(C)(C)C1)C=C2C.CCN(CC)c1ccc2c(c1)S/C(=C/C1=CC(=C(/C)C#N)/CC(C)(C)C1)C=C2C. The van der Waals surface area contributed by atoms with Crippen LogP contribution in [-0.2, 0) is 6.42 Å². The Balaban J connectivity index is 0.000000136. The van der Waals surface area contributed by atoms with Gasteiger partial charge in [0, 0.05) is 158 Å². The molecule has 14 heteroatoms. The number of Topliss-reactive ketones (excluding diaryl/α,β-unsaturated/α-hetero) is 3. The summed E-state index contributed by atoms with van der Waals surface area (Å²) in [6.45, 7) is 45.9. The van der Waals surface area contributed by atoms with Crippen LogP contribution in [0, 0.1) is 38.9 Å². The number of allylic oxidation sites excluding steroid dienone is 28. The Hall–Kier alpha value is -13.2. The van der Waals surface area contributed by atoms with Crippen LogP contribution in [0.3, 0.4) is 0 Å². The fourth-order valence-electron chi connectivity index (χ4n) is 21.8. The third-order valence-corrected chi connectivity index (χ3v) is 29.8. The number of fused-ring (bicyclic) bond motifs is 7.